The number of nitrogens with zero attached hydrogens (tertiary/aromatic N) is 2. The van der Waals surface area contributed by atoms with Crippen LogP contribution in [-0.2, 0) is 10.0 Å². The van der Waals surface area contributed by atoms with Crippen LogP contribution in [0.1, 0.15) is 44.1 Å². The van der Waals surface area contributed by atoms with Gasteiger partial charge in [0.15, 0.2) is 0 Å². The van der Waals surface area contributed by atoms with Gasteiger partial charge in [0.2, 0.25) is 10.0 Å². The Labute approximate surface area is 169 Å². The number of piperidine rings is 1. The van der Waals surface area contributed by atoms with Crippen LogP contribution in [0.5, 0.6) is 0 Å². The summed E-state index contributed by atoms with van der Waals surface area (Å²) >= 11 is 0. The topological polar surface area (TPSA) is 72.9 Å². The minimum Gasteiger partial charge on any atom is -0.396 e. The quantitative estimate of drug-likeness (QED) is 0.681. The van der Waals surface area contributed by atoms with Crippen molar-refractivity contribution < 1.29 is 13.5 Å². The zero-order chi connectivity index (χ0) is 19.8. The van der Waals surface area contributed by atoms with Gasteiger partial charge in [-0.1, -0.05) is 30.3 Å². The van der Waals surface area contributed by atoms with Crippen LogP contribution in [0.4, 0.5) is 0 Å². The molecule has 28 heavy (non-hydrogen) atoms. The van der Waals surface area contributed by atoms with E-state index in [0.29, 0.717) is 37.5 Å². The molecular formula is C21H33N3O3S. The number of likely N-dealkylation sites (tertiary alicyclic amines) is 1. The van der Waals surface area contributed by atoms with Crippen molar-refractivity contribution in [3.63, 3.8) is 0 Å². The number of nitrogens with one attached hydrogen (secondary N) is 1. The molecule has 2 heterocycles. The maximum atomic E-state index is 12.1. The predicted octanol–water partition coefficient (Wildman–Crippen LogP) is 1.38. The average Bonchev–Trinajstić information content (AvgIpc) is 3.45. The molecule has 0 bridgehead atoms. The Morgan fingerprint density at radius 3 is 2.46 bits per heavy atom. The van der Waals surface area contributed by atoms with Crippen LogP contribution in [0.3, 0.4) is 0 Å². The molecule has 1 unspecified atom stereocenters. The van der Waals surface area contributed by atoms with Crippen LogP contribution >= 0.6 is 0 Å². The lowest BCUT2D eigenvalue weighted by Gasteiger charge is -2.56. The molecule has 2 saturated heterocycles. The smallest absolute Gasteiger partial charge is 0.213 e. The molecule has 3 aliphatic rings. The Morgan fingerprint density at radius 2 is 1.86 bits per heavy atom. The highest BCUT2D eigenvalue weighted by atomic mass is 32.2. The van der Waals surface area contributed by atoms with Gasteiger partial charge in [0.05, 0.1) is 11.3 Å². The van der Waals surface area contributed by atoms with E-state index in [1.165, 1.54) is 12.0 Å². The Bertz CT molecular complexity index is 756. The summed E-state index contributed by atoms with van der Waals surface area (Å²) in [5.74, 6) is 0.803. The van der Waals surface area contributed by atoms with Crippen molar-refractivity contribution in [3.8, 4) is 0 Å². The SMILES string of the molecule is CCS(=O)(=O)N1CC(CCO)(N2CCC(N[C@@H]3CC3c3ccccc3)CC2)C1. The summed E-state index contributed by atoms with van der Waals surface area (Å²) in [7, 11) is -3.13. The van der Waals surface area contributed by atoms with Gasteiger partial charge in [0.25, 0.3) is 0 Å². The standard InChI is InChI=1S/C21H33N3O3S/c1-2-28(26,27)24-15-21(16-24,10-13-25)23-11-8-18(9-12-23)22-20-14-19(20)17-6-4-3-5-7-17/h3-7,18-20,22,25H,2,8-16H2,1H3/t19?,20-/m1/s1. The van der Waals surface area contributed by atoms with Gasteiger partial charge in [-0.15, -0.1) is 0 Å². The molecule has 2 aliphatic heterocycles. The molecule has 4 rings (SSSR count). The summed E-state index contributed by atoms with van der Waals surface area (Å²) in [4.78, 5) is 2.44. The maximum absolute atomic E-state index is 12.1. The molecule has 2 N–H and O–H groups in total. The van der Waals surface area contributed by atoms with Crippen LogP contribution < -0.4 is 5.32 Å². The van der Waals surface area contributed by atoms with Crippen LogP contribution in [0, 0.1) is 0 Å². The van der Waals surface area contributed by atoms with E-state index in [2.05, 4.69) is 40.5 Å². The minimum absolute atomic E-state index is 0.110. The first-order valence-corrected chi connectivity index (χ1v) is 12.2. The minimum atomic E-state index is -3.13. The summed E-state index contributed by atoms with van der Waals surface area (Å²) in [6.07, 6.45) is 4.06. The Morgan fingerprint density at radius 1 is 1.18 bits per heavy atom. The molecule has 1 aromatic carbocycles. The van der Waals surface area contributed by atoms with E-state index >= 15 is 0 Å². The molecular weight excluding hydrogens is 374 g/mol. The lowest BCUT2D eigenvalue weighted by atomic mass is 9.84. The van der Waals surface area contributed by atoms with Crippen molar-refractivity contribution in [2.75, 3.05) is 38.5 Å². The van der Waals surface area contributed by atoms with Gasteiger partial charge in [0, 0.05) is 50.8 Å². The van der Waals surface area contributed by atoms with Crippen LogP contribution in [0.2, 0.25) is 0 Å². The van der Waals surface area contributed by atoms with Crippen LogP contribution in [-0.4, -0.2) is 78.9 Å². The summed E-state index contributed by atoms with van der Waals surface area (Å²) in [5.41, 5.74) is 1.26. The molecule has 1 saturated carbocycles. The number of benzene rings is 1. The van der Waals surface area contributed by atoms with Gasteiger partial charge in [-0.3, -0.25) is 4.90 Å². The van der Waals surface area contributed by atoms with Crippen molar-refractivity contribution in [3.05, 3.63) is 35.9 Å². The van der Waals surface area contributed by atoms with Gasteiger partial charge >= 0.3 is 0 Å². The number of hydrogen-bond acceptors (Lipinski definition) is 5. The fourth-order valence-corrected chi connectivity index (χ4v) is 6.22. The highest BCUT2D eigenvalue weighted by Gasteiger charge is 2.51. The Balaban J connectivity index is 1.28. The number of sulfonamides is 1. The third-order valence-electron chi connectivity index (χ3n) is 6.91. The molecule has 156 valence electrons. The first-order chi connectivity index (χ1) is 13.5. The molecule has 0 aromatic heterocycles. The highest BCUT2D eigenvalue weighted by molar-refractivity contribution is 7.89. The molecule has 6 nitrogen and oxygen atoms in total. The second-order valence-electron chi connectivity index (χ2n) is 8.65. The highest BCUT2D eigenvalue weighted by Crippen LogP contribution is 2.42. The molecule has 1 aliphatic carbocycles. The molecule has 0 amide bonds. The first-order valence-electron chi connectivity index (χ1n) is 10.6. The Kier molecular flexibility index (Phi) is 5.82. The fraction of sp³-hybridized carbons (Fsp3) is 0.714. The lowest BCUT2D eigenvalue weighted by molar-refractivity contribution is -0.0430. The van der Waals surface area contributed by atoms with Gasteiger partial charge in [-0.25, -0.2) is 8.42 Å². The second kappa shape index (κ2) is 8.03. The zero-order valence-electron chi connectivity index (χ0n) is 16.8. The van der Waals surface area contributed by atoms with Gasteiger partial charge in [0.1, 0.15) is 0 Å². The molecule has 2 atom stereocenters. The summed E-state index contributed by atoms with van der Waals surface area (Å²) < 4.78 is 25.8. The third-order valence-corrected chi connectivity index (χ3v) is 8.69. The van der Waals surface area contributed by atoms with E-state index in [9.17, 15) is 13.5 Å². The van der Waals surface area contributed by atoms with Crippen molar-refractivity contribution in [1.82, 2.24) is 14.5 Å². The fourth-order valence-electron chi connectivity index (χ4n) is 4.98. The largest absolute Gasteiger partial charge is 0.396 e. The van der Waals surface area contributed by atoms with E-state index in [1.54, 1.807) is 11.2 Å². The van der Waals surface area contributed by atoms with Gasteiger partial charge in [-0.05, 0) is 38.2 Å². The van der Waals surface area contributed by atoms with E-state index in [1.807, 2.05) is 0 Å². The van der Waals surface area contributed by atoms with E-state index < -0.39 is 10.0 Å². The van der Waals surface area contributed by atoms with Crippen molar-refractivity contribution in [1.29, 1.82) is 0 Å². The Hall–Kier alpha value is -0.990. The van der Waals surface area contributed by atoms with Gasteiger partial charge < -0.3 is 10.4 Å². The van der Waals surface area contributed by atoms with Crippen molar-refractivity contribution >= 4 is 10.0 Å². The average molecular weight is 408 g/mol. The molecule has 1 aromatic rings. The normalized spacial score (nSPS) is 28.8. The van der Waals surface area contributed by atoms with Gasteiger partial charge in [-0.2, -0.15) is 4.31 Å². The summed E-state index contributed by atoms with van der Waals surface area (Å²) in [6.45, 7) is 4.81. The number of aliphatic hydroxyl groups excluding tert-OH is 1. The summed E-state index contributed by atoms with van der Waals surface area (Å²) in [5, 5.41) is 13.4. The molecule has 0 spiro atoms. The lowest BCUT2D eigenvalue weighted by Crippen LogP contribution is -2.72. The van der Waals surface area contributed by atoms with Crippen LogP contribution in [0.15, 0.2) is 30.3 Å². The van der Waals surface area contributed by atoms with E-state index in [4.69, 9.17) is 0 Å². The second-order valence-corrected chi connectivity index (χ2v) is 10.9. The zero-order valence-corrected chi connectivity index (χ0v) is 17.6. The molecule has 3 fully saturated rings. The first kappa shape index (κ1) is 20.3. The molecule has 7 heteroatoms. The summed E-state index contributed by atoms with van der Waals surface area (Å²) in [6, 6.07) is 11.9. The molecule has 0 radical (unpaired) electrons. The van der Waals surface area contributed by atoms with E-state index in [0.717, 1.165) is 25.9 Å². The maximum Gasteiger partial charge on any atom is 0.213 e. The van der Waals surface area contributed by atoms with Crippen LogP contribution in [0.25, 0.3) is 0 Å². The predicted molar refractivity (Wildman–Crippen MR) is 111 cm³/mol. The number of hydrogen-bond donors (Lipinski definition) is 2. The monoisotopic (exact) mass is 407 g/mol. The van der Waals surface area contributed by atoms with Crippen molar-refractivity contribution in [2.24, 2.45) is 0 Å². The van der Waals surface area contributed by atoms with E-state index in [-0.39, 0.29) is 17.9 Å². The number of aliphatic hydroxyl groups is 1. The third kappa shape index (κ3) is 4.00. The number of rotatable bonds is 8. The van der Waals surface area contributed by atoms with Crippen molar-refractivity contribution in [2.45, 2.75) is 56.1 Å².